The topological polar surface area (TPSA) is 88.3 Å². The lowest BCUT2D eigenvalue weighted by Gasteiger charge is -2.21. The van der Waals surface area contributed by atoms with E-state index in [1.807, 2.05) is 30.3 Å². The Balaban J connectivity index is 2.36. The molecule has 0 atom stereocenters. The standard InChI is InChI=1S/C14H18N4O2S/c1-2-18(11-12-7-4-3-5-8-12)21(19,20)14-13(17-15)9-6-10-16-14/h3-10,17H,2,11,15H2,1H3. The zero-order valence-electron chi connectivity index (χ0n) is 11.7. The van der Waals surface area contributed by atoms with Gasteiger partial charge in [-0.1, -0.05) is 37.3 Å². The van der Waals surface area contributed by atoms with Gasteiger partial charge in [-0.25, -0.2) is 13.4 Å². The maximum atomic E-state index is 12.7. The molecule has 6 nitrogen and oxygen atoms in total. The first-order chi connectivity index (χ1) is 10.1. The summed E-state index contributed by atoms with van der Waals surface area (Å²) in [5.74, 6) is 5.37. The largest absolute Gasteiger partial charge is 0.321 e. The highest BCUT2D eigenvalue weighted by Crippen LogP contribution is 2.22. The molecule has 0 unspecified atom stereocenters. The lowest BCUT2D eigenvalue weighted by molar-refractivity contribution is 0.421. The van der Waals surface area contributed by atoms with Crippen LogP contribution in [0.5, 0.6) is 0 Å². The second-order valence-corrected chi connectivity index (χ2v) is 6.27. The minimum Gasteiger partial charge on any atom is -0.321 e. The Labute approximate surface area is 124 Å². The van der Waals surface area contributed by atoms with E-state index in [0.717, 1.165) is 5.56 Å². The first kappa shape index (κ1) is 15.4. The van der Waals surface area contributed by atoms with Gasteiger partial charge in [-0.3, -0.25) is 5.84 Å². The van der Waals surface area contributed by atoms with Crippen molar-refractivity contribution in [2.24, 2.45) is 5.84 Å². The Morgan fingerprint density at radius 1 is 1.19 bits per heavy atom. The predicted octanol–water partition coefficient (Wildman–Crippen LogP) is 1.58. The molecule has 0 bridgehead atoms. The average Bonchev–Trinajstić information content (AvgIpc) is 2.53. The molecule has 2 rings (SSSR count). The highest BCUT2D eigenvalue weighted by molar-refractivity contribution is 7.89. The molecule has 112 valence electrons. The number of nitrogens with one attached hydrogen (secondary N) is 1. The molecule has 0 fully saturated rings. The molecule has 0 amide bonds. The number of rotatable bonds is 6. The van der Waals surface area contributed by atoms with Gasteiger partial charge in [0, 0.05) is 19.3 Å². The van der Waals surface area contributed by atoms with Crippen molar-refractivity contribution < 1.29 is 8.42 Å². The third-order valence-corrected chi connectivity index (χ3v) is 4.95. The van der Waals surface area contributed by atoms with Gasteiger partial charge in [0.15, 0.2) is 5.03 Å². The Morgan fingerprint density at radius 2 is 1.90 bits per heavy atom. The van der Waals surface area contributed by atoms with E-state index in [9.17, 15) is 8.42 Å². The molecule has 0 saturated carbocycles. The van der Waals surface area contributed by atoms with E-state index in [0.29, 0.717) is 13.1 Å². The van der Waals surface area contributed by atoms with E-state index in [-0.39, 0.29) is 10.7 Å². The summed E-state index contributed by atoms with van der Waals surface area (Å²) < 4.78 is 26.8. The van der Waals surface area contributed by atoms with Crippen molar-refractivity contribution >= 4 is 15.7 Å². The van der Waals surface area contributed by atoms with Crippen molar-refractivity contribution in [1.29, 1.82) is 0 Å². The van der Waals surface area contributed by atoms with Crippen LogP contribution >= 0.6 is 0 Å². The van der Waals surface area contributed by atoms with Crippen LogP contribution in [0.25, 0.3) is 0 Å². The first-order valence-electron chi connectivity index (χ1n) is 6.55. The molecule has 0 saturated heterocycles. The quantitative estimate of drug-likeness (QED) is 0.625. The zero-order chi connectivity index (χ0) is 15.3. The molecule has 3 N–H and O–H groups in total. The van der Waals surface area contributed by atoms with Crippen molar-refractivity contribution in [2.45, 2.75) is 18.5 Å². The lowest BCUT2D eigenvalue weighted by atomic mass is 10.2. The van der Waals surface area contributed by atoms with Crippen LogP contribution in [-0.2, 0) is 16.6 Å². The van der Waals surface area contributed by atoms with Crippen LogP contribution in [0.15, 0.2) is 53.7 Å². The van der Waals surface area contributed by atoms with E-state index in [2.05, 4.69) is 10.4 Å². The van der Waals surface area contributed by atoms with Crippen LogP contribution < -0.4 is 11.3 Å². The molecule has 0 aliphatic heterocycles. The van der Waals surface area contributed by atoms with Crippen molar-refractivity contribution in [1.82, 2.24) is 9.29 Å². The highest BCUT2D eigenvalue weighted by atomic mass is 32.2. The first-order valence-corrected chi connectivity index (χ1v) is 7.99. The molecule has 1 heterocycles. The molecule has 0 spiro atoms. The van der Waals surface area contributed by atoms with Crippen LogP contribution in [0.1, 0.15) is 12.5 Å². The van der Waals surface area contributed by atoms with Crippen molar-refractivity contribution in [3.05, 3.63) is 54.2 Å². The summed E-state index contributed by atoms with van der Waals surface area (Å²) in [7, 11) is -3.71. The number of benzene rings is 1. The van der Waals surface area contributed by atoms with E-state index < -0.39 is 10.0 Å². The fourth-order valence-corrected chi connectivity index (χ4v) is 3.48. The van der Waals surface area contributed by atoms with Gasteiger partial charge in [0.1, 0.15) is 0 Å². The number of aromatic nitrogens is 1. The number of nitrogens with two attached hydrogens (primary N) is 1. The predicted molar refractivity (Wildman–Crippen MR) is 81.8 cm³/mol. The monoisotopic (exact) mass is 306 g/mol. The maximum absolute atomic E-state index is 12.7. The molecule has 0 radical (unpaired) electrons. The van der Waals surface area contributed by atoms with Gasteiger partial charge >= 0.3 is 0 Å². The highest BCUT2D eigenvalue weighted by Gasteiger charge is 2.27. The molecular formula is C14H18N4O2S. The minimum absolute atomic E-state index is 0.0646. The van der Waals surface area contributed by atoms with E-state index in [4.69, 9.17) is 5.84 Å². The van der Waals surface area contributed by atoms with Crippen LogP contribution in [0.4, 0.5) is 5.69 Å². The van der Waals surface area contributed by atoms with Crippen LogP contribution in [0.2, 0.25) is 0 Å². The maximum Gasteiger partial charge on any atom is 0.262 e. The summed E-state index contributed by atoms with van der Waals surface area (Å²) in [5.41, 5.74) is 3.58. The second-order valence-electron chi connectivity index (χ2n) is 4.42. The number of hydrazine groups is 1. The van der Waals surface area contributed by atoms with Crippen LogP contribution in [-0.4, -0.2) is 24.3 Å². The Bertz CT molecular complexity index is 689. The van der Waals surface area contributed by atoms with Gasteiger partial charge < -0.3 is 5.43 Å². The number of anilines is 1. The van der Waals surface area contributed by atoms with E-state index in [1.54, 1.807) is 19.1 Å². The summed E-state index contributed by atoms with van der Waals surface area (Å²) in [4.78, 5) is 3.96. The normalized spacial score (nSPS) is 11.6. The fraction of sp³-hybridized carbons (Fsp3) is 0.214. The lowest BCUT2D eigenvalue weighted by Crippen LogP contribution is -2.32. The Morgan fingerprint density at radius 3 is 2.52 bits per heavy atom. The van der Waals surface area contributed by atoms with Crippen LogP contribution in [0, 0.1) is 0 Å². The summed E-state index contributed by atoms with van der Waals surface area (Å²) in [6, 6.07) is 12.6. The zero-order valence-corrected chi connectivity index (χ0v) is 12.5. The summed E-state index contributed by atoms with van der Waals surface area (Å²) >= 11 is 0. The molecule has 21 heavy (non-hydrogen) atoms. The SMILES string of the molecule is CCN(Cc1ccccc1)S(=O)(=O)c1ncccc1NN. The van der Waals surface area contributed by atoms with E-state index in [1.165, 1.54) is 10.5 Å². The van der Waals surface area contributed by atoms with Gasteiger partial charge in [0.05, 0.1) is 5.69 Å². The summed E-state index contributed by atoms with van der Waals surface area (Å²) in [6.45, 7) is 2.43. The summed E-state index contributed by atoms with van der Waals surface area (Å²) in [6.07, 6.45) is 1.43. The molecule has 1 aromatic carbocycles. The van der Waals surface area contributed by atoms with Gasteiger partial charge in [-0.15, -0.1) is 0 Å². The molecular weight excluding hydrogens is 288 g/mol. The van der Waals surface area contributed by atoms with Crippen LogP contribution in [0.3, 0.4) is 0 Å². The number of sulfonamides is 1. The third kappa shape index (κ3) is 3.38. The third-order valence-electron chi connectivity index (χ3n) is 3.07. The fourth-order valence-electron chi connectivity index (χ4n) is 1.98. The van der Waals surface area contributed by atoms with Gasteiger partial charge in [0.25, 0.3) is 10.0 Å². The summed E-state index contributed by atoms with van der Waals surface area (Å²) in [5, 5.41) is -0.0646. The molecule has 0 aliphatic carbocycles. The van der Waals surface area contributed by atoms with Crippen molar-refractivity contribution in [3.63, 3.8) is 0 Å². The van der Waals surface area contributed by atoms with Crippen molar-refractivity contribution in [3.8, 4) is 0 Å². The van der Waals surface area contributed by atoms with Gasteiger partial charge in [0.2, 0.25) is 0 Å². The number of pyridine rings is 1. The molecule has 1 aromatic heterocycles. The van der Waals surface area contributed by atoms with Crippen molar-refractivity contribution in [2.75, 3.05) is 12.0 Å². The van der Waals surface area contributed by atoms with Gasteiger partial charge in [-0.2, -0.15) is 4.31 Å². The number of nitrogen functional groups attached to an aromatic ring is 1. The van der Waals surface area contributed by atoms with E-state index >= 15 is 0 Å². The molecule has 7 heteroatoms. The Kier molecular flexibility index (Phi) is 4.89. The number of hydrogen-bond acceptors (Lipinski definition) is 5. The van der Waals surface area contributed by atoms with Gasteiger partial charge in [-0.05, 0) is 17.7 Å². The number of nitrogens with zero attached hydrogens (tertiary/aromatic N) is 2. The smallest absolute Gasteiger partial charge is 0.262 e. The molecule has 2 aromatic rings. The second kappa shape index (κ2) is 6.66. The Hall–Kier alpha value is -1.96. The number of hydrogen-bond donors (Lipinski definition) is 2. The molecule has 0 aliphatic rings. The minimum atomic E-state index is -3.71. The average molecular weight is 306 g/mol.